The van der Waals surface area contributed by atoms with E-state index in [0.717, 1.165) is 5.56 Å². The first-order chi connectivity index (χ1) is 12.8. The second kappa shape index (κ2) is 7.83. The molecule has 1 aliphatic rings. The van der Waals surface area contributed by atoms with Crippen molar-refractivity contribution in [3.05, 3.63) is 72.1 Å². The van der Waals surface area contributed by atoms with E-state index in [0.29, 0.717) is 30.2 Å². The summed E-state index contributed by atoms with van der Waals surface area (Å²) in [6, 6.07) is 21.5. The highest BCUT2D eigenvalue weighted by Gasteiger charge is 2.25. The van der Waals surface area contributed by atoms with Crippen molar-refractivity contribution in [2.24, 2.45) is 0 Å². The molecule has 0 aliphatic heterocycles. The first-order valence-corrected chi connectivity index (χ1v) is 9.43. The maximum atomic E-state index is 5.47. The molecule has 0 atom stereocenters. The first-order valence-electron chi connectivity index (χ1n) is 9.43. The smallest absolute Gasteiger partial charge is 0.241 e. The molecule has 26 heavy (non-hydrogen) atoms. The van der Waals surface area contributed by atoms with Gasteiger partial charge >= 0.3 is 0 Å². The third-order valence-corrected chi connectivity index (χ3v) is 5.48. The Hall–Kier alpha value is -2.46. The highest BCUT2D eigenvalue weighted by atomic mass is 16.5. The zero-order valence-corrected chi connectivity index (χ0v) is 15.2. The molecule has 2 aromatic carbocycles. The van der Waals surface area contributed by atoms with Crippen LogP contribution in [0.5, 0.6) is 0 Å². The lowest BCUT2D eigenvalue weighted by Gasteiger charge is -2.34. The second-order valence-electron chi connectivity index (χ2n) is 7.21. The molecule has 0 spiro atoms. The van der Waals surface area contributed by atoms with Crippen molar-refractivity contribution in [1.82, 2.24) is 15.0 Å². The minimum absolute atomic E-state index is 0.585. The quantitative estimate of drug-likeness (QED) is 0.659. The average molecular weight is 347 g/mol. The van der Waals surface area contributed by atoms with Crippen molar-refractivity contribution >= 4 is 0 Å². The molecule has 4 heteroatoms. The molecule has 0 saturated heterocycles. The predicted octanol–water partition coefficient (Wildman–Crippen LogP) is 4.89. The fourth-order valence-corrected chi connectivity index (χ4v) is 3.94. The van der Waals surface area contributed by atoms with Crippen molar-refractivity contribution in [3.8, 4) is 11.4 Å². The number of nitrogens with zero attached hydrogens (tertiary/aromatic N) is 3. The molecule has 0 radical (unpaired) electrons. The molecular formula is C22H25N3O. The van der Waals surface area contributed by atoms with Gasteiger partial charge < -0.3 is 4.52 Å². The number of benzene rings is 2. The van der Waals surface area contributed by atoms with Crippen molar-refractivity contribution in [3.63, 3.8) is 0 Å². The monoisotopic (exact) mass is 347 g/mol. The van der Waals surface area contributed by atoms with Gasteiger partial charge in [0.15, 0.2) is 0 Å². The number of aromatic nitrogens is 2. The van der Waals surface area contributed by atoms with Gasteiger partial charge in [-0.05, 0) is 44.2 Å². The Morgan fingerprint density at radius 2 is 1.58 bits per heavy atom. The summed E-state index contributed by atoms with van der Waals surface area (Å²) < 4.78 is 5.47. The van der Waals surface area contributed by atoms with E-state index in [1.165, 1.54) is 31.2 Å². The molecule has 0 bridgehead atoms. The van der Waals surface area contributed by atoms with Gasteiger partial charge in [-0.3, -0.25) is 4.90 Å². The van der Waals surface area contributed by atoms with Gasteiger partial charge in [0.2, 0.25) is 11.7 Å². The molecule has 0 N–H and O–H groups in total. The van der Waals surface area contributed by atoms with Crippen molar-refractivity contribution < 1.29 is 4.52 Å². The largest absolute Gasteiger partial charge is 0.338 e. The molecule has 1 saturated carbocycles. The minimum atomic E-state index is 0.585. The first kappa shape index (κ1) is 17.0. The summed E-state index contributed by atoms with van der Waals surface area (Å²) in [6.45, 7) is 0.709. The van der Waals surface area contributed by atoms with Crippen LogP contribution in [0.25, 0.3) is 11.4 Å². The average Bonchev–Trinajstić information content (AvgIpc) is 3.18. The zero-order valence-electron chi connectivity index (χ0n) is 15.2. The SMILES string of the molecule is CN(Cc1nc(-c2ccccc2)no1)C1CCC(c2ccccc2)CC1. The Morgan fingerprint density at radius 1 is 0.923 bits per heavy atom. The predicted molar refractivity (Wildman–Crippen MR) is 103 cm³/mol. The summed E-state index contributed by atoms with van der Waals surface area (Å²) in [5.41, 5.74) is 2.48. The molecule has 0 unspecified atom stereocenters. The van der Waals surface area contributed by atoms with E-state index in [1.54, 1.807) is 0 Å². The van der Waals surface area contributed by atoms with Gasteiger partial charge in [0, 0.05) is 11.6 Å². The van der Waals surface area contributed by atoms with E-state index in [1.807, 2.05) is 30.3 Å². The van der Waals surface area contributed by atoms with Crippen LogP contribution in [0, 0.1) is 0 Å². The Balaban J connectivity index is 1.33. The van der Waals surface area contributed by atoms with Gasteiger partial charge in [0.05, 0.1) is 6.54 Å². The van der Waals surface area contributed by atoms with Gasteiger partial charge in [-0.15, -0.1) is 0 Å². The summed E-state index contributed by atoms with van der Waals surface area (Å²) in [6.07, 6.45) is 4.93. The fraction of sp³-hybridized carbons (Fsp3) is 0.364. The van der Waals surface area contributed by atoms with Gasteiger partial charge in [-0.2, -0.15) is 4.98 Å². The molecule has 4 nitrogen and oxygen atoms in total. The van der Waals surface area contributed by atoms with Crippen LogP contribution in [0.4, 0.5) is 0 Å². The Morgan fingerprint density at radius 3 is 2.27 bits per heavy atom. The Labute approximate surface area is 154 Å². The van der Waals surface area contributed by atoms with E-state index in [9.17, 15) is 0 Å². The zero-order chi connectivity index (χ0) is 17.8. The maximum absolute atomic E-state index is 5.47. The van der Waals surface area contributed by atoms with Gasteiger partial charge in [-0.1, -0.05) is 65.8 Å². The highest BCUT2D eigenvalue weighted by Crippen LogP contribution is 2.34. The van der Waals surface area contributed by atoms with Gasteiger partial charge in [0.1, 0.15) is 0 Å². The Kier molecular flexibility index (Phi) is 5.12. The van der Waals surface area contributed by atoms with E-state index >= 15 is 0 Å². The lowest BCUT2D eigenvalue weighted by molar-refractivity contribution is 0.158. The summed E-state index contributed by atoms with van der Waals surface area (Å²) in [5.74, 6) is 2.06. The van der Waals surface area contributed by atoms with Crippen LogP contribution in [-0.2, 0) is 6.54 Å². The maximum Gasteiger partial charge on any atom is 0.241 e. The Bertz CT molecular complexity index is 808. The van der Waals surface area contributed by atoms with E-state index in [4.69, 9.17) is 4.52 Å². The minimum Gasteiger partial charge on any atom is -0.338 e. The molecule has 1 heterocycles. The molecule has 3 aromatic rings. The second-order valence-corrected chi connectivity index (χ2v) is 7.21. The van der Waals surface area contributed by atoms with E-state index < -0.39 is 0 Å². The molecule has 0 amide bonds. The molecule has 134 valence electrons. The van der Waals surface area contributed by atoms with Crippen LogP contribution in [0.2, 0.25) is 0 Å². The molecule has 1 aliphatic carbocycles. The van der Waals surface area contributed by atoms with Crippen molar-refractivity contribution in [1.29, 1.82) is 0 Å². The van der Waals surface area contributed by atoms with Crippen LogP contribution >= 0.6 is 0 Å². The topological polar surface area (TPSA) is 42.2 Å². The van der Waals surface area contributed by atoms with Gasteiger partial charge in [0.25, 0.3) is 0 Å². The molecule has 1 fully saturated rings. The van der Waals surface area contributed by atoms with Crippen LogP contribution in [0.15, 0.2) is 65.2 Å². The number of hydrogen-bond acceptors (Lipinski definition) is 4. The summed E-state index contributed by atoms with van der Waals surface area (Å²) in [5, 5.41) is 4.12. The summed E-state index contributed by atoms with van der Waals surface area (Å²) in [7, 11) is 2.17. The molecular weight excluding hydrogens is 322 g/mol. The van der Waals surface area contributed by atoms with Crippen LogP contribution < -0.4 is 0 Å². The molecule has 1 aromatic heterocycles. The third-order valence-electron chi connectivity index (χ3n) is 5.48. The normalized spacial score (nSPS) is 20.4. The van der Waals surface area contributed by atoms with Crippen LogP contribution in [0.3, 0.4) is 0 Å². The lowest BCUT2D eigenvalue weighted by atomic mass is 9.81. The summed E-state index contributed by atoms with van der Waals surface area (Å²) in [4.78, 5) is 6.92. The number of hydrogen-bond donors (Lipinski definition) is 0. The van der Waals surface area contributed by atoms with Crippen LogP contribution in [-0.4, -0.2) is 28.1 Å². The van der Waals surface area contributed by atoms with Crippen molar-refractivity contribution in [2.45, 2.75) is 44.2 Å². The van der Waals surface area contributed by atoms with Crippen molar-refractivity contribution in [2.75, 3.05) is 7.05 Å². The highest BCUT2D eigenvalue weighted by molar-refractivity contribution is 5.53. The molecule has 4 rings (SSSR count). The van der Waals surface area contributed by atoms with E-state index in [-0.39, 0.29) is 0 Å². The standard InChI is InChI=1S/C22H25N3O/c1-25(16-21-23-22(24-26-21)19-10-6-3-7-11-19)20-14-12-18(13-15-20)17-8-4-2-5-9-17/h2-11,18,20H,12-16H2,1H3. The van der Waals surface area contributed by atoms with Gasteiger partial charge in [-0.25, -0.2) is 0 Å². The van der Waals surface area contributed by atoms with Crippen LogP contribution in [0.1, 0.15) is 43.1 Å². The number of rotatable bonds is 5. The summed E-state index contributed by atoms with van der Waals surface area (Å²) >= 11 is 0. The van der Waals surface area contributed by atoms with E-state index in [2.05, 4.69) is 52.4 Å². The fourth-order valence-electron chi connectivity index (χ4n) is 3.94. The third kappa shape index (κ3) is 3.86. The lowest BCUT2D eigenvalue weighted by Crippen LogP contribution is -2.34.